The van der Waals surface area contributed by atoms with Crippen LogP contribution in [-0.4, -0.2) is 29.2 Å². The van der Waals surface area contributed by atoms with Crippen LogP contribution in [0.15, 0.2) is 27.6 Å². The van der Waals surface area contributed by atoms with Crippen molar-refractivity contribution in [3.63, 3.8) is 0 Å². The number of carbonyl (C=O) groups is 2. The molecule has 0 N–H and O–H groups in total. The summed E-state index contributed by atoms with van der Waals surface area (Å²) in [7, 11) is 0. The molecule has 1 heterocycles. The number of terminal acetylenes is 1. The van der Waals surface area contributed by atoms with E-state index in [2.05, 4.69) is 21.9 Å². The van der Waals surface area contributed by atoms with Gasteiger partial charge in [-0.15, -0.1) is 6.42 Å². The molecule has 6 heteroatoms. The number of nitrogens with zero attached hydrogens (tertiary/aromatic N) is 1. The number of thioether (sulfide) groups is 1. The first-order chi connectivity index (χ1) is 10.1. The van der Waals surface area contributed by atoms with Crippen LogP contribution in [0.2, 0.25) is 0 Å². The molecule has 0 bridgehead atoms. The number of hydrogen-bond acceptors (Lipinski definition) is 4. The minimum atomic E-state index is -0.370. The van der Waals surface area contributed by atoms with Crippen molar-refractivity contribution in [2.24, 2.45) is 0 Å². The van der Waals surface area contributed by atoms with Gasteiger partial charge in [-0.25, -0.2) is 0 Å². The van der Waals surface area contributed by atoms with Gasteiger partial charge in [-0.2, -0.15) is 0 Å². The molecule has 21 heavy (non-hydrogen) atoms. The van der Waals surface area contributed by atoms with Crippen molar-refractivity contribution in [3.05, 3.63) is 33.1 Å². The lowest BCUT2D eigenvalue weighted by Crippen LogP contribution is -2.28. The number of ether oxygens (including phenoxy) is 1. The van der Waals surface area contributed by atoms with Gasteiger partial charge in [0.05, 0.1) is 18.1 Å². The lowest BCUT2D eigenvalue weighted by Gasteiger charge is -2.08. The van der Waals surface area contributed by atoms with Crippen LogP contribution >= 0.6 is 27.7 Å². The monoisotopic (exact) mass is 365 g/mol. The second kappa shape index (κ2) is 6.83. The van der Waals surface area contributed by atoms with Gasteiger partial charge in [-0.05, 0) is 43.0 Å². The van der Waals surface area contributed by atoms with E-state index in [0.717, 1.165) is 26.7 Å². The van der Waals surface area contributed by atoms with Gasteiger partial charge >= 0.3 is 0 Å². The molecule has 108 valence electrons. The maximum atomic E-state index is 12.1. The lowest BCUT2D eigenvalue weighted by molar-refractivity contribution is -0.122. The molecule has 0 spiro atoms. The van der Waals surface area contributed by atoms with Crippen LogP contribution in [0, 0.1) is 12.3 Å². The average Bonchev–Trinajstić information content (AvgIpc) is 2.70. The second-order valence-corrected chi connectivity index (χ2v) is 6.00. The molecule has 2 rings (SSSR count). The minimum Gasteiger partial charge on any atom is -0.493 e. The standard InChI is InChI=1S/C15H12BrNO3S/c1-3-7-17-14(18)13(21-15(17)19)9-10-8-11(16)5-6-12(10)20-4-2/h1,5-6,8-9H,4,7H2,2H3/b13-9+. The summed E-state index contributed by atoms with van der Waals surface area (Å²) in [6.45, 7) is 2.38. The summed E-state index contributed by atoms with van der Waals surface area (Å²) in [6.07, 6.45) is 6.81. The summed E-state index contributed by atoms with van der Waals surface area (Å²) in [5, 5.41) is -0.350. The van der Waals surface area contributed by atoms with Crippen LogP contribution in [0.4, 0.5) is 4.79 Å². The van der Waals surface area contributed by atoms with Gasteiger partial charge in [0.2, 0.25) is 0 Å². The van der Waals surface area contributed by atoms with Gasteiger partial charge in [0.1, 0.15) is 5.75 Å². The number of halogens is 1. The Bertz CT molecular complexity index is 663. The second-order valence-electron chi connectivity index (χ2n) is 4.09. The first-order valence-corrected chi connectivity index (χ1v) is 7.79. The molecular formula is C15H12BrNO3S. The Hall–Kier alpha value is -1.71. The van der Waals surface area contributed by atoms with Crippen LogP contribution in [-0.2, 0) is 4.79 Å². The molecule has 1 aromatic rings. The van der Waals surface area contributed by atoms with Crippen molar-refractivity contribution in [1.29, 1.82) is 0 Å². The maximum absolute atomic E-state index is 12.1. The van der Waals surface area contributed by atoms with Gasteiger partial charge in [0.25, 0.3) is 11.1 Å². The van der Waals surface area contributed by atoms with Gasteiger partial charge in [0.15, 0.2) is 0 Å². The largest absolute Gasteiger partial charge is 0.493 e. The fraction of sp³-hybridized carbons (Fsp3) is 0.200. The van der Waals surface area contributed by atoms with Gasteiger partial charge in [-0.1, -0.05) is 21.9 Å². The smallest absolute Gasteiger partial charge is 0.294 e. The number of carbonyl (C=O) groups excluding carboxylic acids is 2. The quantitative estimate of drug-likeness (QED) is 0.604. The van der Waals surface area contributed by atoms with Crippen molar-refractivity contribution in [3.8, 4) is 18.1 Å². The Morgan fingerprint density at radius 2 is 2.24 bits per heavy atom. The van der Waals surface area contributed by atoms with E-state index in [4.69, 9.17) is 11.2 Å². The fourth-order valence-electron chi connectivity index (χ4n) is 1.79. The van der Waals surface area contributed by atoms with Gasteiger partial charge in [0, 0.05) is 10.0 Å². The highest BCUT2D eigenvalue weighted by Gasteiger charge is 2.34. The van der Waals surface area contributed by atoms with Crippen LogP contribution in [0.3, 0.4) is 0 Å². The summed E-state index contributed by atoms with van der Waals surface area (Å²) in [4.78, 5) is 25.3. The first-order valence-electron chi connectivity index (χ1n) is 6.18. The minimum absolute atomic E-state index is 0.0151. The van der Waals surface area contributed by atoms with E-state index in [9.17, 15) is 9.59 Å². The highest BCUT2D eigenvalue weighted by molar-refractivity contribution is 9.10. The maximum Gasteiger partial charge on any atom is 0.294 e. The third-order valence-corrected chi connectivity index (χ3v) is 4.08. The molecule has 0 radical (unpaired) electrons. The summed E-state index contributed by atoms with van der Waals surface area (Å²) >= 11 is 4.26. The Balaban J connectivity index is 2.36. The molecule has 0 unspecified atom stereocenters. The predicted octanol–water partition coefficient (Wildman–Crippen LogP) is 3.52. The van der Waals surface area contributed by atoms with Crippen molar-refractivity contribution in [2.75, 3.05) is 13.2 Å². The fourth-order valence-corrected chi connectivity index (χ4v) is 3.00. The van der Waals surface area contributed by atoms with Crippen LogP contribution in [0.5, 0.6) is 5.75 Å². The Morgan fingerprint density at radius 3 is 2.90 bits per heavy atom. The number of amides is 2. The molecule has 0 saturated carbocycles. The van der Waals surface area contributed by atoms with E-state index in [1.54, 1.807) is 6.08 Å². The zero-order chi connectivity index (χ0) is 15.4. The van der Waals surface area contributed by atoms with Gasteiger partial charge < -0.3 is 4.74 Å². The Labute approximate surface area is 135 Å². The summed E-state index contributed by atoms with van der Waals surface area (Å²) in [5.74, 6) is 2.59. The number of rotatable bonds is 4. The third-order valence-electron chi connectivity index (χ3n) is 2.68. The zero-order valence-corrected chi connectivity index (χ0v) is 13.7. The van der Waals surface area contributed by atoms with Crippen molar-refractivity contribution < 1.29 is 14.3 Å². The number of benzene rings is 1. The summed E-state index contributed by atoms with van der Waals surface area (Å²) in [6, 6.07) is 5.50. The highest BCUT2D eigenvalue weighted by Crippen LogP contribution is 2.34. The molecule has 1 aliphatic heterocycles. The predicted molar refractivity (Wildman–Crippen MR) is 86.8 cm³/mol. The average molecular weight is 366 g/mol. The molecule has 4 nitrogen and oxygen atoms in total. The first kappa shape index (κ1) is 15.7. The van der Waals surface area contributed by atoms with E-state index < -0.39 is 0 Å². The normalized spacial score (nSPS) is 16.4. The van der Waals surface area contributed by atoms with E-state index in [1.807, 2.05) is 25.1 Å². The molecule has 2 amide bonds. The number of hydrogen-bond donors (Lipinski definition) is 0. The Kier molecular flexibility index (Phi) is 5.10. The molecule has 1 fully saturated rings. The molecule has 0 aromatic heterocycles. The highest BCUT2D eigenvalue weighted by atomic mass is 79.9. The van der Waals surface area contributed by atoms with Crippen molar-refractivity contribution in [1.82, 2.24) is 4.90 Å². The van der Waals surface area contributed by atoms with E-state index >= 15 is 0 Å². The molecule has 1 saturated heterocycles. The van der Waals surface area contributed by atoms with Crippen LogP contribution < -0.4 is 4.74 Å². The molecular weight excluding hydrogens is 354 g/mol. The van der Waals surface area contributed by atoms with Crippen LogP contribution in [0.1, 0.15) is 12.5 Å². The summed E-state index contributed by atoms with van der Waals surface area (Å²) < 4.78 is 6.38. The molecule has 0 atom stereocenters. The molecule has 1 aromatic carbocycles. The number of imide groups is 1. The molecule has 1 aliphatic rings. The topological polar surface area (TPSA) is 46.6 Å². The Morgan fingerprint density at radius 1 is 1.48 bits per heavy atom. The van der Waals surface area contributed by atoms with Gasteiger partial charge in [-0.3, -0.25) is 14.5 Å². The van der Waals surface area contributed by atoms with E-state index in [0.29, 0.717) is 17.3 Å². The lowest BCUT2D eigenvalue weighted by atomic mass is 10.2. The van der Waals surface area contributed by atoms with Crippen molar-refractivity contribution >= 4 is 44.9 Å². The molecule has 0 aliphatic carbocycles. The zero-order valence-electron chi connectivity index (χ0n) is 11.3. The van der Waals surface area contributed by atoms with Crippen LogP contribution in [0.25, 0.3) is 6.08 Å². The summed E-state index contributed by atoms with van der Waals surface area (Å²) in [5.41, 5.74) is 0.734. The SMILES string of the molecule is C#CCN1C(=O)S/C(=C/c2cc(Br)ccc2OCC)C1=O. The van der Waals surface area contributed by atoms with Crippen molar-refractivity contribution in [2.45, 2.75) is 6.92 Å². The third kappa shape index (κ3) is 3.49. The van der Waals surface area contributed by atoms with E-state index in [-0.39, 0.29) is 17.7 Å². The van der Waals surface area contributed by atoms with E-state index in [1.165, 1.54) is 0 Å².